The summed E-state index contributed by atoms with van der Waals surface area (Å²) < 4.78 is 9.78. The first-order valence-corrected chi connectivity index (χ1v) is 8.09. The highest BCUT2D eigenvalue weighted by Crippen LogP contribution is 2.32. The number of methoxy groups -OCH3 is 2. The molecule has 0 saturated heterocycles. The number of esters is 1. The zero-order valence-electron chi connectivity index (χ0n) is 13.9. The average molecular weight is 319 g/mol. The van der Waals surface area contributed by atoms with Crippen LogP contribution in [0.1, 0.15) is 36.3 Å². The summed E-state index contributed by atoms with van der Waals surface area (Å²) in [6.45, 7) is 1.32. The topological polar surface area (TPSA) is 55.8 Å². The first-order chi connectivity index (χ1) is 11.2. The van der Waals surface area contributed by atoms with Crippen molar-refractivity contribution in [3.63, 3.8) is 0 Å². The summed E-state index contributed by atoms with van der Waals surface area (Å²) >= 11 is 0. The minimum Gasteiger partial charge on any atom is -0.469 e. The number of nitrogens with zero attached hydrogens (tertiary/aromatic N) is 1. The molecule has 1 aromatic carbocycles. The summed E-state index contributed by atoms with van der Waals surface area (Å²) in [6.07, 6.45) is 3.11. The quantitative estimate of drug-likeness (QED) is 0.723. The molecule has 1 amide bonds. The number of ether oxygens (including phenoxy) is 2. The molecule has 5 nitrogen and oxygen atoms in total. The van der Waals surface area contributed by atoms with Crippen molar-refractivity contribution in [2.45, 2.75) is 31.6 Å². The van der Waals surface area contributed by atoms with E-state index in [0.717, 1.165) is 24.8 Å². The molecule has 1 atom stereocenters. The van der Waals surface area contributed by atoms with Gasteiger partial charge in [-0.05, 0) is 30.4 Å². The van der Waals surface area contributed by atoms with E-state index in [4.69, 9.17) is 4.74 Å². The number of amides is 1. The van der Waals surface area contributed by atoms with Crippen LogP contribution in [0.5, 0.6) is 0 Å². The summed E-state index contributed by atoms with van der Waals surface area (Å²) in [7, 11) is 2.97. The molecule has 0 fully saturated rings. The van der Waals surface area contributed by atoms with Crippen LogP contribution >= 0.6 is 0 Å². The molecule has 0 bridgehead atoms. The van der Waals surface area contributed by atoms with E-state index in [1.54, 1.807) is 12.0 Å². The van der Waals surface area contributed by atoms with E-state index in [1.165, 1.54) is 12.7 Å². The summed E-state index contributed by atoms with van der Waals surface area (Å²) in [4.78, 5) is 26.1. The molecule has 126 valence electrons. The maximum absolute atomic E-state index is 13.0. The highest BCUT2D eigenvalue weighted by Gasteiger charge is 2.29. The predicted octanol–water partition coefficient (Wildman–Crippen LogP) is 2.14. The molecular formula is C18H25NO4. The van der Waals surface area contributed by atoms with Crippen molar-refractivity contribution in [1.82, 2.24) is 4.90 Å². The second-order valence-electron chi connectivity index (χ2n) is 5.79. The zero-order valence-corrected chi connectivity index (χ0v) is 13.9. The molecule has 1 unspecified atom stereocenters. The molecule has 0 aliphatic heterocycles. The Kier molecular flexibility index (Phi) is 6.59. The lowest BCUT2D eigenvalue weighted by atomic mass is 9.82. The summed E-state index contributed by atoms with van der Waals surface area (Å²) in [6, 6.07) is 8.15. The third-order valence-corrected chi connectivity index (χ3v) is 4.36. The van der Waals surface area contributed by atoms with Gasteiger partial charge < -0.3 is 14.4 Å². The van der Waals surface area contributed by atoms with E-state index >= 15 is 0 Å². The van der Waals surface area contributed by atoms with Crippen LogP contribution in [0.2, 0.25) is 0 Å². The Morgan fingerprint density at radius 3 is 2.74 bits per heavy atom. The lowest BCUT2D eigenvalue weighted by Crippen LogP contribution is -2.39. The van der Waals surface area contributed by atoms with Gasteiger partial charge in [-0.1, -0.05) is 24.3 Å². The fraction of sp³-hybridized carbons (Fsp3) is 0.556. The van der Waals surface area contributed by atoms with Crippen molar-refractivity contribution in [3.8, 4) is 0 Å². The SMILES string of the molecule is COCCN(CCC(=O)OC)C(=O)C1CCCc2ccccc21. The summed E-state index contributed by atoms with van der Waals surface area (Å²) in [5.74, 6) is -0.336. The Bertz CT molecular complexity index is 544. The van der Waals surface area contributed by atoms with Crippen molar-refractivity contribution in [3.05, 3.63) is 35.4 Å². The molecule has 0 saturated carbocycles. The molecule has 0 spiro atoms. The standard InChI is InChI=1S/C18H25NO4/c1-22-13-12-19(11-10-17(20)23-2)18(21)16-9-5-7-14-6-3-4-8-15(14)16/h3-4,6,8,16H,5,7,9-13H2,1-2H3. The van der Waals surface area contributed by atoms with Gasteiger partial charge >= 0.3 is 5.97 Å². The zero-order chi connectivity index (χ0) is 16.7. The molecule has 0 N–H and O–H groups in total. The Morgan fingerprint density at radius 1 is 1.22 bits per heavy atom. The van der Waals surface area contributed by atoms with Crippen molar-refractivity contribution in [1.29, 1.82) is 0 Å². The van der Waals surface area contributed by atoms with Crippen molar-refractivity contribution >= 4 is 11.9 Å². The largest absolute Gasteiger partial charge is 0.469 e. The first kappa shape index (κ1) is 17.5. The maximum atomic E-state index is 13.0. The normalized spacial score (nSPS) is 16.5. The Morgan fingerprint density at radius 2 is 2.00 bits per heavy atom. The van der Waals surface area contributed by atoms with Crippen LogP contribution in [-0.4, -0.2) is 50.7 Å². The molecule has 2 rings (SSSR count). The predicted molar refractivity (Wildman–Crippen MR) is 87.2 cm³/mol. The van der Waals surface area contributed by atoms with E-state index in [1.807, 2.05) is 18.2 Å². The molecule has 1 aromatic rings. The van der Waals surface area contributed by atoms with E-state index in [9.17, 15) is 9.59 Å². The molecule has 23 heavy (non-hydrogen) atoms. The van der Waals surface area contributed by atoms with E-state index in [0.29, 0.717) is 19.7 Å². The average Bonchev–Trinajstić information content (AvgIpc) is 2.60. The maximum Gasteiger partial charge on any atom is 0.307 e. The van der Waals surface area contributed by atoms with Gasteiger partial charge in [-0.2, -0.15) is 0 Å². The number of hydrogen-bond acceptors (Lipinski definition) is 4. The molecule has 0 radical (unpaired) electrons. The van der Waals surface area contributed by atoms with Gasteiger partial charge in [-0.3, -0.25) is 9.59 Å². The third kappa shape index (κ3) is 4.55. The van der Waals surface area contributed by atoms with Crippen LogP contribution in [0, 0.1) is 0 Å². The Balaban J connectivity index is 2.11. The first-order valence-electron chi connectivity index (χ1n) is 8.09. The van der Waals surface area contributed by atoms with Gasteiger partial charge in [0.25, 0.3) is 0 Å². The van der Waals surface area contributed by atoms with Gasteiger partial charge in [0.05, 0.1) is 26.1 Å². The fourth-order valence-corrected chi connectivity index (χ4v) is 3.09. The summed E-state index contributed by atoms with van der Waals surface area (Å²) in [5, 5.41) is 0. The number of benzene rings is 1. The van der Waals surface area contributed by atoms with Crippen LogP contribution in [0.4, 0.5) is 0 Å². The number of rotatable bonds is 7. The number of carbonyl (C=O) groups is 2. The van der Waals surface area contributed by atoms with Gasteiger partial charge in [0.1, 0.15) is 0 Å². The van der Waals surface area contributed by atoms with E-state index in [2.05, 4.69) is 10.8 Å². The second-order valence-corrected chi connectivity index (χ2v) is 5.79. The molecule has 1 aliphatic rings. The van der Waals surface area contributed by atoms with Crippen LogP contribution in [-0.2, 0) is 25.5 Å². The lowest BCUT2D eigenvalue weighted by molar-refractivity contribution is -0.142. The van der Waals surface area contributed by atoms with Crippen molar-refractivity contribution in [2.24, 2.45) is 0 Å². The monoisotopic (exact) mass is 319 g/mol. The highest BCUT2D eigenvalue weighted by molar-refractivity contribution is 5.85. The van der Waals surface area contributed by atoms with Crippen LogP contribution in [0.25, 0.3) is 0 Å². The number of hydrogen-bond donors (Lipinski definition) is 0. The second kappa shape index (κ2) is 8.67. The molecule has 5 heteroatoms. The van der Waals surface area contributed by atoms with Gasteiger partial charge in [-0.25, -0.2) is 0 Å². The van der Waals surface area contributed by atoms with Crippen LogP contribution in [0.15, 0.2) is 24.3 Å². The fourth-order valence-electron chi connectivity index (χ4n) is 3.09. The Hall–Kier alpha value is -1.88. The summed E-state index contributed by atoms with van der Waals surface area (Å²) in [5.41, 5.74) is 2.39. The number of aryl methyl sites for hydroxylation is 1. The van der Waals surface area contributed by atoms with Crippen molar-refractivity contribution in [2.75, 3.05) is 33.9 Å². The number of carbonyl (C=O) groups excluding carboxylic acids is 2. The van der Waals surface area contributed by atoms with Gasteiger partial charge in [-0.15, -0.1) is 0 Å². The van der Waals surface area contributed by atoms with Crippen molar-refractivity contribution < 1.29 is 19.1 Å². The lowest BCUT2D eigenvalue weighted by Gasteiger charge is -2.30. The molecule has 0 heterocycles. The van der Waals surface area contributed by atoms with Gasteiger partial charge in [0.2, 0.25) is 5.91 Å². The molecule has 1 aliphatic carbocycles. The van der Waals surface area contributed by atoms with Gasteiger partial charge in [0, 0.05) is 20.2 Å². The van der Waals surface area contributed by atoms with Crippen LogP contribution in [0.3, 0.4) is 0 Å². The minimum absolute atomic E-state index is 0.0816. The minimum atomic E-state index is -0.302. The Labute approximate surface area is 137 Å². The molecular weight excluding hydrogens is 294 g/mol. The van der Waals surface area contributed by atoms with Crippen LogP contribution < -0.4 is 0 Å². The third-order valence-electron chi connectivity index (χ3n) is 4.36. The van der Waals surface area contributed by atoms with E-state index < -0.39 is 0 Å². The molecule has 0 aromatic heterocycles. The smallest absolute Gasteiger partial charge is 0.307 e. The van der Waals surface area contributed by atoms with E-state index in [-0.39, 0.29) is 24.2 Å². The number of fused-ring (bicyclic) bond motifs is 1. The highest BCUT2D eigenvalue weighted by atomic mass is 16.5. The van der Waals surface area contributed by atoms with Gasteiger partial charge in [0.15, 0.2) is 0 Å².